The lowest BCUT2D eigenvalue weighted by molar-refractivity contribution is 0.606. The number of rotatable bonds is 4. The van der Waals surface area contributed by atoms with Crippen molar-refractivity contribution in [3.8, 4) is 9.88 Å². The molecule has 0 aliphatic heterocycles. The van der Waals surface area contributed by atoms with Gasteiger partial charge in [0.1, 0.15) is 9.34 Å². The lowest BCUT2D eigenvalue weighted by atomic mass is 10.3. The van der Waals surface area contributed by atoms with Gasteiger partial charge in [-0.25, -0.2) is 4.98 Å². The van der Waals surface area contributed by atoms with Gasteiger partial charge in [-0.05, 0) is 35.5 Å². The van der Waals surface area contributed by atoms with E-state index >= 15 is 0 Å². The predicted molar refractivity (Wildman–Crippen MR) is 80.2 cm³/mol. The molecule has 17 heavy (non-hydrogen) atoms. The summed E-state index contributed by atoms with van der Waals surface area (Å²) in [5.41, 5.74) is 0. The first-order valence-electron chi connectivity index (χ1n) is 5.26. The van der Waals surface area contributed by atoms with Gasteiger partial charge in [-0.2, -0.15) is 0 Å². The van der Waals surface area contributed by atoms with Crippen LogP contribution in [-0.2, 0) is 0 Å². The van der Waals surface area contributed by atoms with Crippen LogP contribution in [0.15, 0.2) is 16.7 Å². The number of nitrogens with zero attached hydrogens (tertiary/aromatic N) is 1. The Morgan fingerprint density at radius 2 is 2.29 bits per heavy atom. The normalized spacial score (nSPS) is 12.9. The molecule has 1 N–H and O–H groups in total. The second-order valence-corrected chi connectivity index (χ2v) is 7.15. The largest absolute Gasteiger partial charge is 0.310 e. The Bertz CT molecular complexity index is 490. The fraction of sp³-hybridized carbons (Fsp3) is 0.364. The van der Waals surface area contributed by atoms with E-state index in [0.29, 0.717) is 6.04 Å². The van der Waals surface area contributed by atoms with E-state index in [0.717, 1.165) is 25.2 Å². The van der Waals surface area contributed by atoms with Crippen LogP contribution in [-0.4, -0.2) is 11.5 Å². The van der Waals surface area contributed by atoms with Gasteiger partial charge in [-0.15, -0.1) is 22.7 Å². The van der Waals surface area contributed by atoms with E-state index < -0.39 is 0 Å². The first-order valence-corrected chi connectivity index (χ1v) is 8.06. The maximum absolute atomic E-state index is 6.03. The molecule has 2 heterocycles. The van der Waals surface area contributed by atoms with E-state index in [4.69, 9.17) is 11.6 Å². The standard InChI is InChI=1S/C11H12BrClN2S2/c1-3-14-6(2)9-5-15-11(17-9)8-4-7(12)10(13)16-8/h4-6,14H,3H2,1-2H3. The number of halogens is 2. The van der Waals surface area contributed by atoms with E-state index in [-0.39, 0.29) is 0 Å². The molecule has 2 nitrogen and oxygen atoms in total. The van der Waals surface area contributed by atoms with Crippen molar-refractivity contribution >= 4 is 50.2 Å². The Labute approximate surface area is 122 Å². The van der Waals surface area contributed by atoms with Crippen LogP contribution in [0.1, 0.15) is 24.8 Å². The third-order valence-corrected chi connectivity index (χ3v) is 6.14. The molecule has 2 aromatic heterocycles. The van der Waals surface area contributed by atoms with Crippen LogP contribution in [0, 0.1) is 0 Å². The molecule has 0 radical (unpaired) electrons. The molecule has 6 heteroatoms. The SMILES string of the molecule is CCNC(C)c1cnc(-c2cc(Br)c(Cl)s2)s1. The van der Waals surface area contributed by atoms with Gasteiger partial charge < -0.3 is 5.32 Å². The molecule has 0 amide bonds. The van der Waals surface area contributed by atoms with Crippen LogP contribution >= 0.6 is 50.2 Å². The van der Waals surface area contributed by atoms with E-state index in [9.17, 15) is 0 Å². The summed E-state index contributed by atoms with van der Waals surface area (Å²) in [6, 6.07) is 2.37. The molecule has 2 rings (SSSR count). The first kappa shape index (κ1) is 13.5. The summed E-state index contributed by atoms with van der Waals surface area (Å²) in [5, 5.41) is 4.41. The zero-order valence-electron chi connectivity index (χ0n) is 9.46. The molecular formula is C11H12BrClN2S2. The Kier molecular flexibility index (Phi) is 4.60. The van der Waals surface area contributed by atoms with Gasteiger partial charge in [0, 0.05) is 21.6 Å². The average Bonchev–Trinajstić information content (AvgIpc) is 2.87. The quantitative estimate of drug-likeness (QED) is 0.842. The Balaban J connectivity index is 2.23. The molecule has 0 aliphatic rings. The zero-order valence-corrected chi connectivity index (χ0v) is 13.4. The van der Waals surface area contributed by atoms with Gasteiger partial charge in [0.05, 0.1) is 4.88 Å². The van der Waals surface area contributed by atoms with Crippen LogP contribution in [0.4, 0.5) is 0 Å². The van der Waals surface area contributed by atoms with Gasteiger partial charge in [0.15, 0.2) is 0 Å². The lowest BCUT2D eigenvalue weighted by Gasteiger charge is -2.07. The van der Waals surface area contributed by atoms with Crippen molar-refractivity contribution in [3.63, 3.8) is 0 Å². The summed E-state index contributed by atoms with van der Waals surface area (Å²) in [6.07, 6.45) is 1.94. The number of hydrogen-bond acceptors (Lipinski definition) is 4. The predicted octanol–water partition coefficient (Wildman–Crippen LogP) is 4.96. The number of nitrogens with one attached hydrogen (secondary N) is 1. The third-order valence-electron chi connectivity index (χ3n) is 2.32. The van der Waals surface area contributed by atoms with E-state index in [1.165, 1.54) is 4.88 Å². The molecule has 0 bridgehead atoms. The highest BCUT2D eigenvalue weighted by molar-refractivity contribution is 9.10. The van der Waals surface area contributed by atoms with Crippen molar-refractivity contribution in [3.05, 3.63) is 25.9 Å². The van der Waals surface area contributed by atoms with Crippen LogP contribution in [0.2, 0.25) is 4.34 Å². The molecule has 1 atom stereocenters. The fourth-order valence-corrected chi connectivity index (χ4v) is 4.16. The number of hydrogen-bond donors (Lipinski definition) is 1. The van der Waals surface area contributed by atoms with Crippen LogP contribution in [0.3, 0.4) is 0 Å². The lowest BCUT2D eigenvalue weighted by Crippen LogP contribution is -2.16. The minimum Gasteiger partial charge on any atom is -0.310 e. The summed E-state index contributed by atoms with van der Waals surface area (Å²) in [4.78, 5) is 6.82. The number of aromatic nitrogens is 1. The van der Waals surface area contributed by atoms with Crippen molar-refractivity contribution in [1.82, 2.24) is 10.3 Å². The van der Waals surface area contributed by atoms with Gasteiger partial charge in [-0.3, -0.25) is 0 Å². The van der Waals surface area contributed by atoms with Gasteiger partial charge in [0.25, 0.3) is 0 Å². The number of thiazole rings is 1. The highest BCUT2D eigenvalue weighted by Gasteiger charge is 2.13. The molecular weight excluding hydrogens is 340 g/mol. The molecule has 92 valence electrons. The van der Waals surface area contributed by atoms with Crippen molar-refractivity contribution in [2.75, 3.05) is 6.54 Å². The van der Waals surface area contributed by atoms with Crippen molar-refractivity contribution in [1.29, 1.82) is 0 Å². The molecule has 0 aromatic carbocycles. The Hall–Kier alpha value is 0.0600. The van der Waals surface area contributed by atoms with Crippen molar-refractivity contribution in [2.24, 2.45) is 0 Å². The average molecular weight is 352 g/mol. The highest BCUT2D eigenvalue weighted by Crippen LogP contribution is 2.40. The minimum atomic E-state index is 0.352. The number of thiophene rings is 1. The topological polar surface area (TPSA) is 24.9 Å². The van der Waals surface area contributed by atoms with Gasteiger partial charge >= 0.3 is 0 Å². The van der Waals surface area contributed by atoms with Crippen LogP contribution < -0.4 is 5.32 Å². The fourth-order valence-electron chi connectivity index (χ4n) is 1.46. The van der Waals surface area contributed by atoms with Crippen LogP contribution in [0.5, 0.6) is 0 Å². The summed E-state index contributed by atoms with van der Waals surface area (Å²) in [7, 11) is 0. The molecule has 0 fully saturated rings. The van der Waals surface area contributed by atoms with E-state index in [1.807, 2.05) is 12.3 Å². The summed E-state index contributed by atoms with van der Waals surface area (Å²) in [6.45, 7) is 5.22. The van der Waals surface area contributed by atoms with Crippen LogP contribution in [0.25, 0.3) is 9.88 Å². The van der Waals surface area contributed by atoms with Gasteiger partial charge in [0.2, 0.25) is 0 Å². The third kappa shape index (κ3) is 3.09. The highest BCUT2D eigenvalue weighted by atomic mass is 79.9. The molecule has 0 saturated carbocycles. The van der Waals surface area contributed by atoms with E-state index in [1.54, 1.807) is 22.7 Å². The van der Waals surface area contributed by atoms with Crippen molar-refractivity contribution < 1.29 is 0 Å². The zero-order chi connectivity index (χ0) is 12.4. The summed E-state index contributed by atoms with van der Waals surface area (Å²) >= 11 is 12.7. The molecule has 0 spiro atoms. The molecule has 0 aliphatic carbocycles. The molecule has 2 aromatic rings. The maximum atomic E-state index is 6.03. The monoisotopic (exact) mass is 350 g/mol. The summed E-state index contributed by atoms with van der Waals surface area (Å²) < 4.78 is 1.71. The molecule has 1 unspecified atom stereocenters. The van der Waals surface area contributed by atoms with Crippen molar-refractivity contribution in [2.45, 2.75) is 19.9 Å². The Morgan fingerprint density at radius 3 is 2.88 bits per heavy atom. The second-order valence-electron chi connectivity index (χ2n) is 3.58. The molecule has 0 saturated heterocycles. The Morgan fingerprint density at radius 1 is 1.53 bits per heavy atom. The maximum Gasteiger partial charge on any atom is 0.133 e. The smallest absolute Gasteiger partial charge is 0.133 e. The first-order chi connectivity index (χ1) is 8.11. The van der Waals surface area contributed by atoms with Gasteiger partial charge in [-0.1, -0.05) is 18.5 Å². The second kappa shape index (κ2) is 5.80. The van der Waals surface area contributed by atoms with E-state index in [2.05, 4.69) is 40.1 Å². The summed E-state index contributed by atoms with van der Waals surface area (Å²) in [5.74, 6) is 0. The minimum absolute atomic E-state index is 0.352.